The first-order valence-electron chi connectivity index (χ1n) is 22.8. The fourth-order valence-corrected chi connectivity index (χ4v) is 5.98. The van der Waals surface area contributed by atoms with Crippen molar-refractivity contribution in [2.45, 2.75) is 111 Å². The van der Waals surface area contributed by atoms with Gasteiger partial charge in [-0.15, -0.1) is 0 Å². The normalized spacial score (nSPS) is 11.2. The minimum Gasteiger partial charge on any atom is -0.445 e. The molecule has 0 unspecified atom stereocenters. The van der Waals surface area contributed by atoms with Crippen molar-refractivity contribution in [1.29, 1.82) is 0 Å². The fourth-order valence-electron chi connectivity index (χ4n) is 5.98. The molecule has 0 aromatic heterocycles. The first kappa shape index (κ1) is 57.9. The molecule has 364 valence electrons. The summed E-state index contributed by atoms with van der Waals surface area (Å²) in [5.41, 5.74) is -0.0393. The van der Waals surface area contributed by atoms with Crippen LogP contribution in [-0.4, -0.2) is 151 Å². The molecule has 17 heteroatoms. The molecule has 3 amide bonds. The molecule has 0 saturated heterocycles. The van der Waals surface area contributed by atoms with Gasteiger partial charge in [-0.2, -0.15) is 0 Å². The summed E-state index contributed by atoms with van der Waals surface area (Å²) in [5.74, 6) is -0.458. The predicted molar refractivity (Wildman–Crippen MR) is 240 cm³/mol. The third-order valence-electron chi connectivity index (χ3n) is 9.62. The largest absolute Gasteiger partial charge is 0.445 e. The summed E-state index contributed by atoms with van der Waals surface area (Å²) in [5, 5.41) is 5.50. The van der Waals surface area contributed by atoms with E-state index in [1.54, 1.807) is 4.90 Å². The van der Waals surface area contributed by atoms with Crippen LogP contribution in [0.2, 0.25) is 0 Å². The third kappa shape index (κ3) is 33.4. The molecular weight excluding hydrogens is 831 g/mol. The van der Waals surface area contributed by atoms with Crippen LogP contribution in [0.3, 0.4) is 0 Å². The molecule has 0 heterocycles. The number of alkyl carbamates (subject to hydrolysis) is 1. The fraction of sp³-hybridized carbons (Fsp3) is 0.723. The molecule has 0 bridgehead atoms. The Bertz CT molecular complexity index is 1390. The van der Waals surface area contributed by atoms with Crippen molar-refractivity contribution in [3.8, 4) is 0 Å². The predicted octanol–water partition coefficient (Wildman–Crippen LogP) is 4.98. The maximum absolute atomic E-state index is 13.6. The molecule has 1 aromatic rings. The van der Waals surface area contributed by atoms with Crippen LogP contribution in [0.15, 0.2) is 30.3 Å². The second-order valence-corrected chi connectivity index (χ2v) is 15.9. The van der Waals surface area contributed by atoms with Gasteiger partial charge in [0.25, 0.3) is 0 Å². The van der Waals surface area contributed by atoms with Crippen molar-refractivity contribution < 1.29 is 66.7 Å². The minimum atomic E-state index is -0.893. The highest BCUT2D eigenvalue weighted by atomic mass is 16.5. The van der Waals surface area contributed by atoms with Crippen molar-refractivity contribution in [3.05, 3.63) is 35.9 Å². The number of carbonyl (C=O) groups excluding carboxylic acids is 7. The van der Waals surface area contributed by atoms with E-state index in [1.165, 1.54) is 20.8 Å². The van der Waals surface area contributed by atoms with Gasteiger partial charge in [0, 0.05) is 116 Å². The maximum atomic E-state index is 13.6. The van der Waals surface area contributed by atoms with E-state index in [4.69, 9.17) is 33.2 Å². The van der Waals surface area contributed by atoms with Crippen molar-refractivity contribution >= 4 is 41.0 Å². The number of carbonyl (C=O) groups is 7. The lowest BCUT2D eigenvalue weighted by Crippen LogP contribution is -2.43. The van der Waals surface area contributed by atoms with Crippen LogP contribution in [0.4, 0.5) is 4.79 Å². The standard InChI is InChI=1S/C47H77N3O14/c1-5-6-15-45(56)50(24-22-49-46(57)64-35-42-13-8-7-9-14-42)23-21-48-44(55)17-16-43(54)34-47(36-61-28-10-25-58-31-18-39(2)51,37-62-29-11-26-59-32-19-40(3)52)38-63-30-12-27-60-33-20-41(4)53/h7-9,13-14H,5-6,10-12,15-38H2,1-4H3,(H,48,55)(H,49,57). The molecule has 64 heavy (non-hydrogen) atoms. The molecule has 0 aliphatic heterocycles. The molecule has 1 rings (SSSR count). The summed E-state index contributed by atoms with van der Waals surface area (Å²) < 4.78 is 40.2. The summed E-state index contributed by atoms with van der Waals surface area (Å²) in [7, 11) is 0. The van der Waals surface area contributed by atoms with Gasteiger partial charge >= 0.3 is 6.09 Å². The molecule has 0 spiro atoms. The average molecular weight is 908 g/mol. The molecule has 2 N–H and O–H groups in total. The van der Waals surface area contributed by atoms with Gasteiger partial charge in [-0.1, -0.05) is 43.7 Å². The summed E-state index contributed by atoms with van der Waals surface area (Å²) in [6.07, 6.45) is 3.93. The van der Waals surface area contributed by atoms with Gasteiger partial charge in [-0.05, 0) is 52.0 Å². The van der Waals surface area contributed by atoms with Crippen molar-refractivity contribution in [3.63, 3.8) is 0 Å². The number of ether oxygens (including phenoxy) is 7. The van der Waals surface area contributed by atoms with E-state index in [1.807, 2.05) is 37.3 Å². The second kappa shape index (κ2) is 38.2. The molecule has 0 saturated carbocycles. The monoisotopic (exact) mass is 908 g/mol. The summed E-state index contributed by atoms with van der Waals surface area (Å²) in [6, 6.07) is 9.29. The second-order valence-electron chi connectivity index (χ2n) is 15.9. The molecule has 0 radical (unpaired) electrons. The molecular formula is C47H77N3O14. The quantitative estimate of drug-likeness (QED) is 0.0829. The summed E-state index contributed by atoms with van der Waals surface area (Å²) in [6.45, 7) is 11.0. The van der Waals surface area contributed by atoms with Crippen LogP contribution in [0, 0.1) is 5.41 Å². The van der Waals surface area contributed by atoms with Crippen LogP contribution >= 0.6 is 0 Å². The number of nitrogens with one attached hydrogen (secondary N) is 2. The number of nitrogens with zero attached hydrogens (tertiary/aromatic N) is 1. The van der Waals surface area contributed by atoms with E-state index in [9.17, 15) is 33.6 Å². The van der Waals surface area contributed by atoms with Gasteiger partial charge in [0.1, 0.15) is 29.7 Å². The van der Waals surface area contributed by atoms with E-state index in [0.717, 1.165) is 12.0 Å². The molecule has 17 nitrogen and oxygen atoms in total. The molecule has 1 aromatic carbocycles. The van der Waals surface area contributed by atoms with E-state index >= 15 is 0 Å². The Morgan fingerprint density at radius 2 is 1.02 bits per heavy atom. The number of hydrogen-bond donors (Lipinski definition) is 2. The van der Waals surface area contributed by atoms with Crippen molar-refractivity contribution in [2.75, 3.05) is 105 Å². The lowest BCUT2D eigenvalue weighted by atomic mass is 9.84. The zero-order valence-corrected chi connectivity index (χ0v) is 39.1. The van der Waals surface area contributed by atoms with Crippen molar-refractivity contribution in [1.82, 2.24) is 15.5 Å². The first-order valence-corrected chi connectivity index (χ1v) is 22.8. The third-order valence-corrected chi connectivity index (χ3v) is 9.62. The Morgan fingerprint density at radius 3 is 1.48 bits per heavy atom. The topological polar surface area (TPSA) is 211 Å². The molecule has 0 aliphatic rings. The molecule has 0 fully saturated rings. The van der Waals surface area contributed by atoms with Gasteiger partial charge in [-0.3, -0.25) is 28.8 Å². The van der Waals surface area contributed by atoms with Gasteiger partial charge < -0.3 is 48.7 Å². The summed E-state index contributed by atoms with van der Waals surface area (Å²) >= 11 is 0. The number of amides is 3. The van der Waals surface area contributed by atoms with Crippen LogP contribution in [-0.2, 0) is 68.5 Å². The summed E-state index contributed by atoms with van der Waals surface area (Å²) in [4.78, 5) is 87.2. The smallest absolute Gasteiger partial charge is 0.407 e. The van der Waals surface area contributed by atoms with Gasteiger partial charge in [0.05, 0.1) is 39.6 Å². The maximum Gasteiger partial charge on any atom is 0.407 e. The van der Waals surface area contributed by atoms with Crippen molar-refractivity contribution in [2.24, 2.45) is 5.41 Å². The van der Waals surface area contributed by atoms with Crippen LogP contribution in [0.25, 0.3) is 0 Å². The highest BCUT2D eigenvalue weighted by molar-refractivity contribution is 5.85. The lowest BCUT2D eigenvalue weighted by molar-refractivity contribution is -0.132. The molecule has 0 atom stereocenters. The SMILES string of the molecule is CCCCC(=O)N(CCNC(=O)CCC(=O)CC(COCCCOCCC(C)=O)(COCCCOCCC(C)=O)COCCCOCCC(C)=O)CCNC(=O)OCc1ccccc1. The number of Topliss-reactive ketones (excluding diaryl/α,β-unsaturated/α-hetero) is 4. The zero-order chi connectivity index (χ0) is 47.1. The number of rotatable bonds is 43. The Morgan fingerprint density at radius 1 is 0.547 bits per heavy atom. The average Bonchev–Trinajstić information content (AvgIpc) is 3.26. The highest BCUT2D eigenvalue weighted by Gasteiger charge is 2.34. The van der Waals surface area contributed by atoms with Gasteiger partial charge in [-0.25, -0.2) is 4.79 Å². The number of benzene rings is 1. The number of ketones is 4. The van der Waals surface area contributed by atoms with E-state index in [2.05, 4.69) is 10.6 Å². The first-order chi connectivity index (χ1) is 30.9. The Kier molecular flexibility index (Phi) is 34.5. The highest BCUT2D eigenvalue weighted by Crippen LogP contribution is 2.27. The minimum absolute atomic E-state index is 0.0140. The van der Waals surface area contributed by atoms with E-state index < -0.39 is 11.5 Å². The number of hydrogen-bond acceptors (Lipinski definition) is 14. The van der Waals surface area contributed by atoms with Crippen LogP contribution in [0.1, 0.15) is 110 Å². The van der Waals surface area contributed by atoms with E-state index in [-0.39, 0.29) is 107 Å². The Hall–Kier alpha value is -4.13. The van der Waals surface area contributed by atoms with Crippen LogP contribution < -0.4 is 10.6 Å². The lowest BCUT2D eigenvalue weighted by Gasteiger charge is -2.33. The Labute approximate surface area is 380 Å². The number of unbranched alkanes of at least 4 members (excludes halogenated alkanes) is 1. The van der Waals surface area contributed by atoms with Gasteiger partial charge in [0.15, 0.2) is 0 Å². The zero-order valence-electron chi connectivity index (χ0n) is 39.1. The molecule has 0 aliphatic carbocycles. The Balaban J connectivity index is 2.85. The van der Waals surface area contributed by atoms with Crippen LogP contribution in [0.5, 0.6) is 0 Å². The van der Waals surface area contributed by atoms with E-state index in [0.29, 0.717) is 111 Å². The van der Waals surface area contributed by atoms with Gasteiger partial charge in [0.2, 0.25) is 11.8 Å².